The summed E-state index contributed by atoms with van der Waals surface area (Å²) in [6.45, 7) is 9.33. The molecule has 0 amide bonds. The molecule has 1 atom stereocenters. The average molecular weight is 353 g/mol. The second-order valence-electron chi connectivity index (χ2n) is 7.59. The summed E-state index contributed by atoms with van der Waals surface area (Å²) in [6, 6.07) is -0.917. The Bertz CT molecular complexity index is 666. The van der Waals surface area contributed by atoms with Crippen LogP contribution in [0.5, 0.6) is 0 Å². The van der Waals surface area contributed by atoms with Gasteiger partial charge in [-0.3, -0.25) is 9.47 Å². The highest BCUT2D eigenvalue weighted by molar-refractivity contribution is 5.71. The molecule has 0 aromatic carbocycles. The summed E-state index contributed by atoms with van der Waals surface area (Å²) < 4.78 is 14.2. The van der Waals surface area contributed by atoms with E-state index in [-0.39, 0.29) is 11.8 Å². The van der Waals surface area contributed by atoms with Crippen molar-refractivity contribution in [2.45, 2.75) is 58.7 Å². The number of nitrogens with zero attached hydrogens (tertiary/aromatic N) is 3. The average Bonchev–Trinajstić information content (AvgIpc) is 2.48. The zero-order valence-corrected chi connectivity index (χ0v) is 15.4. The monoisotopic (exact) mass is 353 g/mol. The first-order chi connectivity index (χ1) is 11.7. The second kappa shape index (κ2) is 8.08. The highest BCUT2D eigenvalue weighted by atomic mass is 19.1. The number of halogens is 1. The second-order valence-corrected chi connectivity index (χ2v) is 7.59. The van der Waals surface area contributed by atoms with Gasteiger partial charge in [-0.05, 0) is 30.2 Å². The molecule has 6 nitrogen and oxygen atoms in total. The van der Waals surface area contributed by atoms with Crippen LogP contribution in [0, 0.1) is 5.92 Å². The Hall–Kier alpha value is -1.76. The van der Waals surface area contributed by atoms with Crippen LogP contribution in [0.3, 0.4) is 0 Å². The molecule has 0 bridgehead atoms. The number of carboxylic acids is 1. The van der Waals surface area contributed by atoms with E-state index >= 15 is 0 Å². The Morgan fingerprint density at radius 3 is 2.48 bits per heavy atom. The van der Waals surface area contributed by atoms with Gasteiger partial charge >= 0.3 is 11.7 Å². The number of alkyl halides is 1. The lowest BCUT2D eigenvalue weighted by molar-refractivity contribution is -0.141. The zero-order valence-electron chi connectivity index (χ0n) is 15.4. The van der Waals surface area contributed by atoms with Gasteiger partial charge in [0.1, 0.15) is 12.2 Å². The Kier molecular flexibility index (Phi) is 6.32. The number of hydrogen-bond acceptors (Lipinski definition) is 4. The molecule has 25 heavy (non-hydrogen) atoms. The number of carbonyl (C=O) groups is 1. The molecule has 0 aliphatic carbocycles. The van der Waals surface area contributed by atoms with Crippen molar-refractivity contribution >= 4 is 5.97 Å². The topological polar surface area (TPSA) is 75.4 Å². The van der Waals surface area contributed by atoms with E-state index in [2.05, 4.69) is 4.98 Å². The summed E-state index contributed by atoms with van der Waals surface area (Å²) in [5, 5.41) is 9.53. The summed E-state index contributed by atoms with van der Waals surface area (Å²) in [7, 11) is 0. The van der Waals surface area contributed by atoms with Gasteiger partial charge in [-0.15, -0.1) is 0 Å². The third kappa shape index (κ3) is 4.87. The quantitative estimate of drug-likeness (QED) is 0.776. The predicted octanol–water partition coefficient (Wildman–Crippen LogP) is 2.23. The minimum atomic E-state index is -1.02. The number of likely N-dealkylation sites (tertiary alicyclic amines) is 1. The zero-order chi connectivity index (χ0) is 18.7. The largest absolute Gasteiger partial charge is 0.480 e. The van der Waals surface area contributed by atoms with Crippen molar-refractivity contribution in [1.29, 1.82) is 0 Å². The predicted molar refractivity (Wildman–Crippen MR) is 93.8 cm³/mol. The Morgan fingerprint density at radius 2 is 2.00 bits per heavy atom. The third-order valence-electron chi connectivity index (χ3n) is 4.53. The first-order valence-corrected chi connectivity index (χ1v) is 8.90. The number of carboxylic acid groups (broad SMARTS) is 1. The van der Waals surface area contributed by atoms with Crippen molar-refractivity contribution in [2.75, 3.05) is 19.6 Å². The number of rotatable bonds is 8. The van der Waals surface area contributed by atoms with Crippen molar-refractivity contribution in [3.8, 4) is 0 Å². The smallest absolute Gasteiger partial charge is 0.348 e. The molecule has 0 spiro atoms. The van der Waals surface area contributed by atoms with Crippen LogP contribution in [0.4, 0.5) is 4.39 Å². The van der Waals surface area contributed by atoms with Crippen LogP contribution in [0.2, 0.25) is 0 Å². The van der Waals surface area contributed by atoms with Crippen molar-refractivity contribution < 1.29 is 14.3 Å². The number of hydrogen-bond donors (Lipinski definition) is 1. The highest BCUT2D eigenvalue weighted by Gasteiger charge is 2.27. The van der Waals surface area contributed by atoms with Gasteiger partial charge in [-0.1, -0.05) is 27.7 Å². The molecule has 0 unspecified atom stereocenters. The fourth-order valence-electron chi connectivity index (χ4n) is 3.19. The van der Waals surface area contributed by atoms with Crippen molar-refractivity contribution in [3.63, 3.8) is 0 Å². The van der Waals surface area contributed by atoms with E-state index < -0.39 is 23.9 Å². The molecule has 1 aromatic rings. The fourth-order valence-corrected chi connectivity index (χ4v) is 3.19. The van der Waals surface area contributed by atoms with E-state index in [1.165, 1.54) is 4.57 Å². The maximum atomic E-state index is 13.0. The Labute approximate surface area is 147 Å². The molecular formula is C18H28FN3O3. The summed E-state index contributed by atoms with van der Waals surface area (Å²) in [4.78, 5) is 30.2. The van der Waals surface area contributed by atoms with Crippen LogP contribution in [0.1, 0.15) is 57.3 Å². The van der Waals surface area contributed by atoms with Gasteiger partial charge < -0.3 is 5.11 Å². The minimum absolute atomic E-state index is 0.0658. The van der Waals surface area contributed by atoms with Gasteiger partial charge in [0, 0.05) is 25.8 Å². The molecule has 1 fully saturated rings. The normalized spacial score (nSPS) is 17.1. The summed E-state index contributed by atoms with van der Waals surface area (Å²) in [5.74, 6) is -0.816. The molecule has 0 radical (unpaired) electrons. The van der Waals surface area contributed by atoms with Gasteiger partial charge in [0.25, 0.3) is 0 Å². The molecule has 0 saturated carbocycles. The third-order valence-corrected chi connectivity index (χ3v) is 4.53. The summed E-state index contributed by atoms with van der Waals surface area (Å²) in [6.07, 6.45) is 1.90. The molecule has 1 aliphatic heterocycles. The van der Waals surface area contributed by atoms with Crippen LogP contribution in [0.25, 0.3) is 0 Å². The first-order valence-electron chi connectivity index (χ1n) is 8.90. The van der Waals surface area contributed by atoms with E-state index in [1.54, 1.807) is 6.20 Å². The Morgan fingerprint density at radius 1 is 1.36 bits per heavy atom. The molecule has 2 rings (SSSR count). The summed E-state index contributed by atoms with van der Waals surface area (Å²) >= 11 is 0. The summed E-state index contributed by atoms with van der Waals surface area (Å²) in [5.41, 5.74) is 1.05. The van der Waals surface area contributed by atoms with Crippen molar-refractivity contribution in [1.82, 2.24) is 14.5 Å². The standard InChI is InChI=1S/C18H28FN3O3/c1-11(2)7-15(17(23)24)22-8-13(5-6-21-9-14(19)10-21)16(12(3)4)20-18(22)25/h8,11-12,14-15H,5-7,9-10H2,1-4H3,(H,23,24)/t15-/m0/s1. The fraction of sp³-hybridized carbons (Fsp3) is 0.722. The lowest BCUT2D eigenvalue weighted by atomic mass is 10.0. The van der Waals surface area contributed by atoms with Gasteiger partial charge in [-0.25, -0.2) is 14.0 Å². The van der Waals surface area contributed by atoms with Crippen LogP contribution in [-0.4, -0.2) is 51.3 Å². The maximum Gasteiger partial charge on any atom is 0.348 e. The van der Waals surface area contributed by atoms with E-state index in [0.29, 0.717) is 38.2 Å². The number of aromatic nitrogens is 2. The van der Waals surface area contributed by atoms with E-state index in [1.807, 2.05) is 32.6 Å². The molecule has 140 valence electrons. The van der Waals surface area contributed by atoms with Gasteiger partial charge in [0.05, 0.1) is 5.69 Å². The number of aliphatic carboxylic acids is 1. The van der Waals surface area contributed by atoms with E-state index in [4.69, 9.17) is 0 Å². The molecular weight excluding hydrogens is 325 g/mol. The van der Waals surface area contributed by atoms with E-state index in [9.17, 15) is 19.1 Å². The van der Waals surface area contributed by atoms with Crippen molar-refractivity contribution in [3.05, 3.63) is 27.9 Å². The Balaban J connectivity index is 2.31. The molecule has 2 heterocycles. The molecule has 1 aliphatic rings. The minimum Gasteiger partial charge on any atom is -0.480 e. The highest BCUT2D eigenvalue weighted by Crippen LogP contribution is 2.21. The van der Waals surface area contributed by atoms with Crippen molar-refractivity contribution in [2.24, 2.45) is 5.92 Å². The van der Waals surface area contributed by atoms with Gasteiger partial charge in [0.15, 0.2) is 0 Å². The molecule has 1 aromatic heterocycles. The van der Waals surface area contributed by atoms with Gasteiger partial charge in [0.2, 0.25) is 0 Å². The first kappa shape index (κ1) is 19.6. The molecule has 1 saturated heterocycles. The lowest BCUT2D eigenvalue weighted by Crippen LogP contribution is -2.49. The maximum absolute atomic E-state index is 13.0. The van der Waals surface area contributed by atoms with Crippen LogP contribution in [0.15, 0.2) is 11.0 Å². The molecule has 1 N–H and O–H groups in total. The van der Waals surface area contributed by atoms with E-state index in [0.717, 1.165) is 5.56 Å². The van der Waals surface area contributed by atoms with Crippen LogP contribution in [-0.2, 0) is 11.2 Å². The molecule has 7 heteroatoms. The lowest BCUT2D eigenvalue weighted by Gasteiger charge is -2.34. The SMILES string of the molecule is CC(C)C[C@@H](C(=O)O)n1cc(CCN2CC(F)C2)c(C(C)C)nc1=O. The van der Waals surface area contributed by atoms with Gasteiger partial charge in [-0.2, -0.15) is 4.98 Å². The van der Waals surface area contributed by atoms with Crippen LogP contribution >= 0.6 is 0 Å². The van der Waals surface area contributed by atoms with Crippen LogP contribution < -0.4 is 5.69 Å².